The minimum Gasteiger partial charge on any atom is -0.442 e. The molecular formula is C19H23N5O4S. The molecule has 0 unspecified atom stereocenters. The Morgan fingerprint density at radius 3 is 2.55 bits per heavy atom. The number of hydrogen-bond donors (Lipinski definition) is 2. The van der Waals surface area contributed by atoms with Gasteiger partial charge in [0.1, 0.15) is 0 Å². The first-order valence-electron chi connectivity index (χ1n) is 9.75. The van der Waals surface area contributed by atoms with Crippen LogP contribution in [-0.2, 0) is 9.53 Å². The normalized spacial score (nSPS) is 28.4. The van der Waals surface area contributed by atoms with Crippen molar-refractivity contribution in [2.45, 2.75) is 43.8 Å². The Labute approximate surface area is 172 Å². The third kappa shape index (κ3) is 3.34. The monoisotopic (exact) mass is 417 g/mol. The highest BCUT2D eigenvalue weighted by atomic mass is 32.1. The molecule has 3 aliphatic carbocycles. The number of carbonyl (C=O) groups excluding carboxylic acids is 1. The quantitative estimate of drug-likeness (QED) is 0.736. The van der Waals surface area contributed by atoms with Crippen LogP contribution in [-0.4, -0.2) is 57.9 Å². The molecule has 2 N–H and O–H groups in total. The molecule has 2 aromatic heterocycles. The van der Waals surface area contributed by atoms with Crippen molar-refractivity contribution in [3.63, 3.8) is 0 Å². The summed E-state index contributed by atoms with van der Waals surface area (Å²) in [5.74, 6) is 1.15. The van der Waals surface area contributed by atoms with Crippen molar-refractivity contribution in [3.8, 4) is 10.8 Å². The van der Waals surface area contributed by atoms with E-state index in [9.17, 15) is 9.90 Å². The average molecular weight is 417 g/mol. The average Bonchev–Trinajstić information content (AvgIpc) is 3.08. The van der Waals surface area contributed by atoms with Crippen LogP contribution in [0.1, 0.15) is 32.1 Å². The number of methoxy groups -OCH3 is 1. The second kappa shape index (κ2) is 6.89. The summed E-state index contributed by atoms with van der Waals surface area (Å²) >= 11 is 1.27. The van der Waals surface area contributed by atoms with Crippen molar-refractivity contribution in [2.75, 3.05) is 30.4 Å². The molecule has 2 aromatic rings. The van der Waals surface area contributed by atoms with Crippen LogP contribution in [0.15, 0.2) is 18.6 Å². The summed E-state index contributed by atoms with van der Waals surface area (Å²) in [6.07, 6.45) is 8.42. The Morgan fingerprint density at radius 2 is 1.90 bits per heavy atom. The predicted molar refractivity (Wildman–Crippen MR) is 106 cm³/mol. The van der Waals surface area contributed by atoms with Gasteiger partial charge in [-0.1, -0.05) is 11.3 Å². The lowest BCUT2D eigenvalue weighted by Gasteiger charge is -2.67. The van der Waals surface area contributed by atoms with E-state index in [1.54, 1.807) is 25.7 Å². The molecule has 0 aromatic carbocycles. The number of carbonyl (C=O) groups is 1. The van der Waals surface area contributed by atoms with Crippen molar-refractivity contribution < 1.29 is 19.4 Å². The smallest absolute Gasteiger partial charge is 0.232 e. The van der Waals surface area contributed by atoms with E-state index in [4.69, 9.17) is 9.47 Å². The van der Waals surface area contributed by atoms with E-state index in [-0.39, 0.29) is 23.0 Å². The van der Waals surface area contributed by atoms with Gasteiger partial charge in [-0.05, 0) is 32.1 Å². The fourth-order valence-corrected chi connectivity index (χ4v) is 5.14. The zero-order valence-electron chi connectivity index (χ0n) is 16.1. The zero-order valence-corrected chi connectivity index (χ0v) is 16.9. The van der Waals surface area contributed by atoms with Gasteiger partial charge in [-0.3, -0.25) is 4.79 Å². The minimum atomic E-state index is -0.281. The molecule has 3 heterocycles. The summed E-state index contributed by atoms with van der Waals surface area (Å²) < 4.78 is 11.2. The molecule has 1 aliphatic heterocycles. The number of aliphatic hydroxyl groups excluding tert-OH is 1. The Balaban J connectivity index is 1.16. The number of thiazole rings is 1. The standard InChI is InChI=1S/C19H23N5O4S/c1-27-19-9-18(10-19,11-19)15(26)23-17-22-8-14(29-17)28-13-6-20-16(21-7-13)24-4-2-12(25)3-5-24/h6-8,12,25H,2-5,9-11H2,1H3,(H,22,23,26). The van der Waals surface area contributed by atoms with Crippen molar-refractivity contribution in [1.29, 1.82) is 0 Å². The minimum absolute atomic E-state index is 0.0108. The van der Waals surface area contributed by atoms with Gasteiger partial charge in [0.2, 0.25) is 16.9 Å². The Hall–Kier alpha value is -2.30. The summed E-state index contributed by atoms with van der Waals surface area (Å²) in [6, 6.07) is 0. The van der Waals surface area contributed by atoms with Crippen LogP contribution in [0, 0.1) is 5.41 Å². The second-order valence-electron chi connectivity index (χ2n) is 8.18. The lowest BCUT2D eigenvalue weighted by Crippen LogP contribution is -2.72. The summed E-state index contributed by atoms with van der Waals surface area (Å²) in [4.78, 5) is 27.5. The zero-order chi connectivity index (χ0) is 20.1. The Kier molecular flexibility index (Phi) is 4.45. The molecule has 1 amide bonds. The van der Waals surface area contributed by atoms with Crippen LogP contribution in [0.2, 0.25) is 0 Å². The van der Waals surface area contributed by atoms with Crippen molar-refractivity contribution >= 4 is 28.3 Å². The van der Waals surface area contributed by atoms with E-state index >= 15 is 0 Å². The molecule has 4 aliphatic rings. The maximum Gasteiger partial charge on any atom is 0.232 e. The number of piperidine rings is 1. The maximum atomic E-state index is 12.5. The molecule has 0 spiro atoms. The topological polar surface area (TPSA) is 110 Å². The van der Waals surface area contributed by atoms with Gasteiger partial charge in [-0.25, -0.2) is 15.0 Å². The number of aliphatic hydroxyl groups is 1. The number of nitrogens with zero attached hydrogens (tertiary/aromatic N) is 4. The first-order valence-corrected chi connectivity index (χ1v) is 10.6. The predicted octanol–water partition coefficient (Wildman–Crippen LogP) is 2.19. The number of ether oxygens (including phenoxy) is 2. The summed E-state index contributed by atoms with van der Waals surface area (Å²) in [6.45, 7) is 1.48. The number of aromatic nitrogens is 3. The highest BCUT2D eigenvalue weighted by molar-refractivity contribution is 7.17. The Morgan fingerprint density at radius 1 is 1.21 bits per heavy atom. The van der Waals surface area contributed by atoms with Crippen molar-refractivity contribution in [1.82, 2.24) is 15.0 Å². The van der Waals surface area contributed by atoms with Crippen LogP contribution >= 0.6 is 11.3 Å². The highest BCUT2D eigenvalue weighted by Gasteiger charge is 2.72. The van der Waals surface area contributed by atoms with Crippen molar-refractivity contribution in [2.24, 2.45) is 5.41 Å². The van der Waals surface area contributed by atoms with Gasteiger partial charge in [0, 0.05) is 20.2 Å². The number of amides is 1. The SMILES string of the molecule is COC12CC(C(=O)Nc3ncc(Oc4cnc(N5CCC(O)CC5)nc4)s3)(C1)C2. The fourth-order valence-electron chi connectivity index (χ4n) is 4.45. The number of hydrogen-bond acceptors (Lipinski definition) is 9. The van der Waals surface area contributed by atoms with Gasteiger partial charge in [-0.2, -0.15) is 0 Å². The first kappa shape index (κ1) is 18.7. The lowest BCUT2D eigenvalue weighted by atomic mass is 9.41. The molecule has 154 valence electrons. The molecule has 0 atom stereocenters. The van der Waals surface area contributed by atoms with Gasteiger partial charge in [0.05, 0.1) is 35.7 Å². The van der Waals surface area contributed by atoms with E-state index in [0.717, 1.165) is 45.2 Å². The van der Waals surface area contributed by atoms with Crippen LogP contribution < -0.4 is 15.0 Å². The number of anilines is 2. The van der Waals surface area contributed by atoms with Gasteiger partial charge >= 0.3 is 0 Å². The Bertz CT molecular complexity index is 890. The molecule has 3 saturated carbocycles. The van der Waals surface area contributed by atoms with Gasteiger partial charge in [-0.15, -0.1) is 0 Å². The van der Waals surface area contributed by atoms with Crippen LogP contribution in [0.5, 0.6) is 10.8 Å². The van der Waals surface area contributed by atoms with E-state index in [1.807, 2.05) is 0 Å². The van der Waals surface area contributed by atoms with Crippen LogP contribution in [0.25, 0.3) is 0 Å². The molecule has 0 radical (unpaired) electrons. The van der Waals surface area contributed by atoms with Gasteiger partial charge in [0.25, 0.3) is 0 Å². The molecule has 4 fully saturated rings. The molecule has 29 heavy (non-hydrogen) atoms. The molecule has 9 nitrogen and oxygen atoms in total. The molecule has 1 saturated heterocycles. The summed E-state index contributed by atoms with van der Waals surface area (Å²) in [7, 11) is 1.71. The first-order chi connectivity index (χ1) is 14.0. The van der Waals surface area contributed by atoms with Crippen molar-refractivity contribution in [3.05, 3.63) is 18.6 Å². The van der Waals surface area contributed by atoms with Gasteiger partial charge < -0.3 is 24.8 Å². The van der Waals surface area contributed by atoms with E-state index < -0.39 is 0 Å². The largest absolute Gasteiger partial charge is 0.442 e. The molecule has 6 rings (SSSR count). The lowest BCUT2D eigenvalue weighted by molar-refractivity contribution is -0.260. The van der Waals surface area contributed by atoms with Crippen LogP contribution in [0.3, 0.4) is 0 Å². The number of rotatable bonds is 6. The van der Waals surface area contributed by atoms with E-state index in [1.165, 1.54) is 11.3 Å². The third-order valence-electron chi connectivity index (χ3n) is 6.18. The summed E-state index contributed by atoms with van der Waals surface area (Å²) in [5.41, 5.74) is -0.342. The maximum absolute atomic E-state index is 12.5. The van der Waals surface area contributed by atoms with Crippen LogP contribution in [0.4, 0.5) is 11.1 Å². The van der Waals surface area contributed by atoms with Gasteiger partial charge in [0.15, 0.2) is 10.9 Å². The van der Waals surface area contributed by atoms with E-state index in [0.29, 0.717) is 21.9 Å². The van der Waals surface area contributed by atoms with E-state index in [2.05, 4.69) is 25.2 Å². The fraction of sp³-hybridized carbons (Fsp3) is 0.579. The molecular weight excluding hydrogens is 394 g/mol. The third-order valence-corrected chi connectivity index (χ3v) is 6.97. The summed E-state index contributed by atoms with van der Waals surface area (Å²) in [5, 5.41) is 13.6. The highest BCUT2D eigenvalue weighted by Crippen LogP contribution is 2.69. The number of nitrogens with one attached hydrogen (secondary N) is 1. The second-order valence-corrected chi connectivity index (χ2v) is 9.17. The molecule has 2 bridgehead atoms. The molecule has 10 heteroatoms.